The lowest BCUT2D eigenvalue weighted by Crippen LogP contribution is -2.36. The Morgan fingerprint density at radius 3 is 2.89 bits per heavy atom. The highest BCUT2D eigenvalue weighted by Gasteiger charge is 2.18. The number of aryl methyl sites for hydroxylation is 1. The zero-order valence-electron chi connectivity index (χ0n) is 15.9. The van der Waals surface area contributed by atoms with Crippen molar-refractivity contribution in [3.8, 4) is 0 Å². The van der Waals surface area contributed by atoms with Crippen LogP contribution < -0.4 is 5.32 Å². The second kappa shape index (κ2) is 9.40. The molecule has 2 aromatic rings. The first-order chi connectivity index (χ1) is 13.1. The SMILES string of the molecule is C[C@@H](OC(=O)CCc1c[nH]c2ccccc12)C(=O)NCCC1=CCCCC1. The number of H-pyrrole nitrogens is 1. The van der Waals surface area contributed by atoms with Crippen molar-refractivity contribution in [2.24, 2.45) is 0 Å². The monoisotopic (exact) mass is 368 g/mol. The summed E-state index contributed by atoms with van der Waals surface area (Å²) in [5.74, 6) is -0.579. The van der Waals surface area contributed by atoms with Crippen LogP contribution >= 0.6 is 0 Å². The Morgan fingerprint density at radius 2 is 2.07 bits per heavy atom. The van der Waals surface area contributed by atoms with Crippen LogP contribution in [-0.2, 0) is 20.7 Å². The third kappa shape index (κ3) is 5.46. The van der Waals surface area contributed by atoms with Crippen molar-refractivity contribution in [3.63, 3.8) is 0 Å². The predicted molar refractivity (Wildman–Crippen MR) is 106 cm³/mol. The summed E-state index contributed by atoms with van der Waals surface area (Å²) < 4.78 is 5.29. The van der Waals surface area contributed by atoms with Gasteiger partial charge in [-0.3, -0.25) is 9.59 Å². The lowest BCUT2D eigenvalue weighted by molar-refractivity contribution is -0.154. The summed E-state index contributed by atoms with van der Waals surface area (Å²) in [5.41, 5.74) is 3.56. The van der Waals surface area contributed by atoms with Gasteiger partial charge in [0.15, 0.2) is 6.10 Å². The molecule has 1 aliphatic rings. The molecular formula is C22H28N2O3. The van der Waals surface area contributed by atoms with E-state index in [1.807, 2.05) is 30.5 Å². The smallest absolute Gasteiger partial charge is 0.306 e. The van der Waals surface area contributed by atoms with Crippen molar-refractivity contribution < 1.29 is 14.3 Å². The highest BCUT2D eigenvalue weighted by molar-refractivity contribution is 5.85. The maximum Gasteiger partial charge on any atom is 0.306 e. The van der Waals surface area contributed by atoms with Crippen LogP contribution in [0.25, 0.3) is 10.9 Å². The third-order valence-electron chi connectivity index (χ3n) is 5.08. The molecule has 0 saturated heterocycles. The zero-order chi connectivity index (χ0) is 19.1. The van der Waals surface area contributed by atoms with Gasteiger partial charge in [0.05, 0.1) is 0 Å². The molecule has 0 radical (unpaired) electrons. The summed E-state index contributed by atoms with van der Waals surface area (Å²) in [5, 5.41) is 3.99. The molecule has 5 nitrogen and oxygen atoms in total. The van der Waals surface area contributed by atoms with Crippen LogP contribution in [0.5, 0.6) is 0 Å². The molecule has 1 aromatic carbocycles. The molecule has 0 spiro atoms. The maximum atomic E-state index is 12.1. The van der Waals surface area contributed by atoms with E-state index >= 15 is 0 Å². The molecule has 0 fully saturated rings. The van der Waals surface area contributed by atoms with Gasteiger partial charge in [0.25, 0.3) is 5.91 Å². The lowest BCUT2D eigenvalue weighted by atomic mass is 9.97. The summed E-state index contributed by atoms with van der Waals surface area (Å²) >= 11 is 0. The molecule has 2 N–H and O–H groups in total. The van der Waals surface area contributed by atoms with E-state index in [2.05, 4.69) is 16.4 Å². The molecule has 0 aliphatic heterocycles. The minimum atomic E-state index is -0.763. The number of esters is 1. The number of aromatic amines is 1. The van der Waals surface area contributed by atoms with Crippen LogP contribution in [0.2, 0.25) is 0 Å². The summed E-state index contributed by atoms with van der Waals surface area (Å²) in [7, 11) is 0. The number of hydrogen-bond acceptors (Lipinski definition) is 3. The van der Waals surface area contributed by atoms with Crippen LogP contribution in [0.3, 0.4) is 0 Å². The van der Waals surface area contributed by atoms with E-state index < -0.39 is 6.10 Å². The highest BCUT2D eigenvalue weighted by atomic mass is 16.5. The van der Waals surface area contributed by atoms with Crippen LogP contribution in [0, 0.1) is 0 Å². The van der Waals surface area contributed by atoms with Gasteiger partial charge in [-0.05, 0) is 57.1 Å². The van der Waals surface area contributed by atoms with Gasteiger partial charge < -0.3 is 15.0 Å². The highest BCUT2D eigenvalue weighted by Crippen LogP contribution is 2.20. The van der Waals surface area contributed by atoms with Crippen LogP contribution in [0.15, 0.2) is 42.1 Å². The first kappa shape index (κ1) is 19.2. The Balaban J connectivity index is 1.39. The standard InChI is InChI=1S/C22H28N2O3/c1-16(22(26)23-14-13-17-7-3-2-4-8-17)27-21(25)12-11-18-15-24-20-10-6-5-9-19(18)20/h5-7,9-10,15-16,24H,2-4,8,11-14H2,1H3,(H,23,26)/t16-/m1/s1. The number of rotatable bonds is 8. The van der Waals surface area contributed by atoms with Gasteiger partial charge in [-0.2, -0.15) is 0 Å². The van der Waals surface area contributed by atoms with E-state index in [-0.39, 0.29) is 18.3 Å². The molecule has 27 heavy (non-hydrogen) atoms. The van der Waals surface area contributed by atoms with E-state index in [4.69, 9.17) is 4.74 Å². The van der Waals surface area contributed by atoms with Gasteiger partial charge in [-0.25, -0.2) is 0 Å². The van der Waals surface area contributed by atoms with Gasteiger partial charge >= 0.3 is 5.97 Å². The van der Waals surface area contributed by atoms with Crippen molar-refractivity contribution in [1.82, 2.24) is 10.3 Å². The average Bonchev–Trinajstić information content (AvgIpc) is 3.10. The van der Waals surface area contributed by atoms with E-state index in [0.717, 1.165) is 35.7 Å². The first-order valence-corrected chi connectivity index (χ1v) is 9.83. The molecule has 1 aromatic heterocycles. The number of para-hydroxylation sites is 1. The summed E-state index contributed by atoms with van der Waals surface area (Å²) in [4.78, 5) is 27.4. The van der Waals surface area contributed by atoms with Crippen LogP contribution in [-0.4, -0.2) is 29.5 Å². The molecule has 3 rings (SSSR count). The third-order valence-corrected chi connectivity index (χ3v) is 5.08. The molecular weight excluding hydrogens is 340 g/mol. The topological polar surface area (TPSA) is 71.2 Å². The largest absolute Gasteiger partial charge is 0.453 e. The maximum absolute atomic E-state index is 12.1. The van der Waals surface area contributed by atoms with Gasteiger partial charge in [-0.1, -0.05) is 29.8 Å². The van der Waals surface area contributed by atoms with Crippen molar-refractivity contribution >= 4 is 22.8 Å². The molecule has 0 unspecified atom stereocenters. The summed E-state index contributed by atoms with van der Waals surface area (Å²) in [6.45, 7) is 2.22. The van der Waals surface area contributed by atoms with Crippen molar-refractivity contribution in [2.45, 2.75) is 58.0 Å². The molecule has 1 atom stereocenters. The van der Waals surface area contributed by atoms with Crippen LogP contribution in [0.4, 0.5) is 0 Å². The number of amides is 1. The quantitative estimate of drug-likeness (QED) is 0.546. The summed E-state index contributed by atoms with van der Waals surface area (Å²) in [6.07, 6.45) is 9.96. The Kier molecular flexibility index (Phi) is 6.69. The Hall–Kier alpha value is -2.56. The van der Waals surface area contributed by atoms with Crippen molar-refractivity contribution in [2.75, 3.05) is 6.54 Å². The Morgan fingerprint density at radius 1 is 1.22 bits per heavy atom. The molecule has 1 heterocycles. The predicted octanol–water partition coefficient (Wildman–Crippen LogP) is 4.04. The van der Waals surface area contributed by atoms with Gasteiger partial charge in [0.1, 0.15) is 0 Å². The summed E-state index contributed by atoms with van der Waals surface area (Å²) in [6, 6.07) is 7.99. The molecule has 144 valence electrons. The average molecular weight is 368 g/mol. The van der Waals surface area contributed by atoms with Crippen molar-refractivity contribution in [3.05, 3.63) is 47.7 Å². The number of nitrogens with one attached hydrogen (secondary N) is 2. The Labute approximate surface area is 160 Å². The first-order valence-electron chi connectivity index (χ1n) is 9.83. The van der Waals surface area contributed by atoms with E-state index in [1.165, 1.54) is 18.4 Å². The van der Waals surface area contributed by atoms with E-state index in [9.17, 15) is 9.59 Å². The van der Waals surface area contributed by atoms with Gasteiger partial charge in [0.2, 0.25) is 0 Å². The molecule has 0 bridgehead atoms. The fourth-order valence-corrected chi connectivity index (χ4v) is 3.51. The number of aromatic nitrogens is 1. The molecule has 1 amide bonds. The number of ether oxygens (including phenoxy) is 1. The molecule has 5 heteroatoms. The number of carbonyl (C=O) groups excluding carboxylic acids is 2. The zero-order valence-corrected chi connectivity index (χ0v) is 15.9. The number of benzene rings is 1. The van der Waals surface area contributed by atoms with E-state index in [0.29, 0.717) is 13.0 Å². The number of allylic oxidation sites excluding steroid dienone is 1. The van der Waals surface area contributed by atoms with E-state index in [1.54, 1.807) is 6.92 Å². The molecule has 0 saturated carbocycles. The van der Waals surface area contributed by atoms with Crippen LogP contribution in [0.1, 0.15) is 51.0 Å². The Bertz CT molecular complexity index is 822. The normalized spacial score (nSPS) is 15.2. The second-order valence-corrected chi connectivity index (χ2v) is 7.14. The lowest BCUT2D eigenvalue weighted by Gasteiger charge is -2.15. The fourth-order valence-electron chi connectivity index (χ4n) is 3.51. The fraction of sp³-hybridized carbons (Fsp3) is 0.455. The number of hydrogen-bond donors (Lipinski definition) is 2. The number of fused-ring (bicyclic) bond motifs is 1. The minimum Gasteiger partial charge on any atom is -0.453 e. The van der Waals surface area contributed by atoms with Gasteiger partial charge in [-0.15, -0.1) is 0 Å². The number of carbonyl (C=O) groups is 2. The van der Waals surface area contributed by atoms with Crippen molar-refractivity contribution in [1.29, 1.82) is 0 Å². The second-order valence-electron chi connectivity index (χ2n) is 7.14. The minimum absolute atomic E-state index is 0.230. The van der Waals surface area contributed by atoms with Gasteiger partial charge in [0, 0.05) is 30.1 Å². The molecule has 1 aliphatic carbocycles.